The van der Waals surface area contributed by atoms with Crippen molar-refractivity contribution in [1.82, 2.24) is 9.97 Å². The van der Waals surface area contributed by atoms with Crippen molar-refractivity contribution in [3.05, 3.63) is 12.3 Å². The maximum absolute atomic E-state index is 4.46. The minimum atomic E-state index is 0.452. The van der Waals surface area contributed by atoms with E-state index in [-0.39, 0.29) is 0 Å². The highest BCUT2D eigenvalue weighted by molar-refractivity contribution is 5.41. The molecule has 94 valence electrons. The lowest BCUT2D eigenvalue weighted by molar-refractivity contribution is 0.607. The summed E-state index contributed by atoms with van der Waals surface area (Å²) in [5.41, 5.74) is 0. The molecular weight excluding hydrogens is 212 g/mol. The molecule has 1 aromatic rings. The van der Waals surface area contributed by atoms with E-state index < -0.39 is 0 Å². The van der Waals surface area contributed by atoms with Gasteiger partial charge in [0.25, 0.3) is 0 Å². The lowest BCUT2D eigenvalue weighted by Crippen LogP contribution is -2.18. The van der Waals surface area contributed by atoms with Crippen molar-refractivity contribution in [3.63, 3.8) is 0 Å². The molecule has 4 heteroatoms. The van der Waals surface area contributed by atoms with Gasteiger partial charge in [-0.05, 0) is 31.7 Å². The predicted molar refractivity (Wildman–Crippen MR) is 71.4 cm³/mol. The van der Waals surface area contributed by atoms with Crippen LogP contribution in [0.15, 0.2) is 12.3 Å². The van der Waals surface area contributed by atoms with Crippen molar-refractivity contribution in [2.45, 2.75) is 38.6 Å². The molecule has 4 nitrogen and oxygen atoms in total. The summed E-state index contributed by atoms with van der Waals surface area (Å²) in [6.07, 6.45) is 7.21. The zero-order valence-corrected chi connectivity index (χ0v) is 11.0. The van der Waals surface area contributed by atoms with Crippen molar-refractivity contribution in [2.24, 2.45) is 5.92 Å². The van der Waals surface area contributed by atoms with Gasteiger partial charge in [-0.3, -0.25) is 0 Å². The van der Waals surface area contributed by atoms with E-state index in [4.69, 9.17) is 0 Å². The summed E-state index contributed by atoms with van der Waals surface area (Å²) < 4.78 is 0. The first-order chi connectivity index (χ1) is 8.15. The summed E-state index contributed by atoms with van der Waals surface area (Å²) in [6, 6.07) is 2.37. The molecule has 1 heterocycles. The van der Waals surface area contributed by atoms with Gasteiger partial charge in [-0.1, -0.05) is 12.8 Å². The van der Waals surface area contributed by atoms with Gasteiger partial charge in [-0.15, -0.1) is 0 Å². The van der Waals surface area contributed by atoms with Crippen molar-refractivity contribution in [3.8, 4) is 0 Å². The lowest BCUT2D eigenvalue weighted by atomic mass is 10.1. The monoisotopic (exact) mass is 234 g/mol. The Balaban J connectivity index is 1.85. The Morgan fingerprint density at radius 1 is 1.47 bits per heavy atom. The number of anilines is 2. The second-order valence-corrected chi connectivity index (χ2v) is 5.20. The van der Waals surface area contributed by atoms with E-state index in [1.165, 1.54) is 25.7 Å². The zero-order chi connectivity index (χ0) is 12.3. The molecule has 1 N–H and O–H groups in total. The van der Waals surface area contributed by atoms with Gasteiger partial charge in [0, 0.05) is 26.3 Å². The molecule has 0 amide bonds. The predicted octanol–water partition coefficient (Wildman–Crippen LogP) is 2.53. The van der Waals surface area contributed by atoms with Gasteiger partial charge in [-0.2, -0.15) is 4.98 Å². The highest BCUT2D eigenvalue weighted by Gasteiger charge is 2.21. The largest absolute Gasteiger partial charge is 0.363 e. The second-order valence-electron chi connectivity index (χ2n) is 5.20. The number of nitrogens with one attached hydrogen (secondary N) is 1. The van der Waals surface area contributed by atoms with Crippen LogP contribution in [0.2, 0.25) is 0 Å². The van der Waals surface area contributed by atoms with Crippen molar-refractivity contribution < 1.29 is 0 Å². The summed E-state index contributed by atoms with van der Waals surface area (Å²) in [5.74, 6) is 2.67. The first kappa shape index (κ1) is 12.1. The van der Waals surface area contributed by atoms with Crippen LogP contribution in [0.4, 0.5) is 11.8 Å². The van der Waals surface area contributed by atoms with Crippen LogP contribution in [0, 0.1) is 5.92 Å². The number of aromatic nitrogens is 2. The second kappa shape index (κ2) is 5.34. The van der Waals surface area contributed by atoms with E-state index in [2.05, 4.69) is 22.2 Å². The molecular formula is C13H22N4. The van der Waals surface area contributed by atoms with Gasteiger partial charge >= 0.3 is 0 Å². The van der Waals surface area contributed by atoms with Gasteiger partial charge < -0.3 is 10.2 Å². The van der Waals surface area contributed by atoms with Crippen LogP contribution in [0.3, 0.4) is 0 Å². The maximum Gasteiger partial charge on any atom is 0.224 e. The first-order valence-corrected chi connectivity index (χ1v) is 6.42. The molecule has 0 saturated heterocycles. The molecule has 1 atom stereocenters. The zero-order valence-electron chi connectivity index (χ0n) is 11.0. The molecule has 0 aliphatic heterocycles. The third kappa shape index (κ3) is 3.88. The van der Waals surface area contributed by atoms with Crippen molar-refractivity contribution >= 4 is 11.8 Å². The Labute approximate surface area is 103 Å². The molecule has 0 radical (unpaired) electrons. The normalized spacial score (nSPS) is 16.6. The van der Waals surface area contributed by atoms with E-state index >= 15 is 0 Å². The molecule has 1 fully saturated rings. The number of nitrogens with zero attached hydrogens (tertiary/aromatic N) is 3. The van der Waals surface area contributed by atoms with Crippen molar-refractivity contribution in [1.29, 1.82) is 0 Å². The molecule has 1 saturated carbocycles. The molecule has 1 aliphatic carbocycles. The number of hydrogen-bond donors (Lipinski definition) is 1. The fraction of sp³-hybridized carbons (Fsp3) is 0.692. The Kier molecular flexibility index (Phi) is 3.82. The van der Waals surface area contributed by atoms with Gasteiger partial charge in [0.05, 0.1) is 0 Å². The molecule has 1 aliphatic rings. The highest BCUT2D eigenvalue weighted by atomic mass is 15.2. The molecule has 1 aromatic heterocycles. The fourth-order valence-electron chi connectivity index (χ4n) is 1.85. The van der Waals surface area contributed by atoms with Crippen LogP contribution in [0.25, 0.3) is 0 Å². The minimum Gasteiger partial charge on any atom is -0.363 e. The molecule has 0 aromatic carbocycles. The van der Waals surface area contributed by atoms with E-state index in [1.807, 2.05) is 25.1 Å². The number of hydrogen-bond acceptors (Lipinski definition) is 4. The van der Waals surface area contributed by atoms with Crippen LogP contribution >= 0.6 is 0 Å². The standard InChI is InChI=1S/C13H22N4/c1-10(4-5-11-6-7-11)15-13-14-9-8-12(16-13)17(2)3/h8-11H,4-7H2,1-3H3,(H,14,15,16). The third-order valence-electron chi connectivity index (χ3n) is 3.18. The van der Waals surface area contributed by atoms with Crippen LogP contribution in [-0.2, 0) is 0 Å². The quantitative estimate of drug-likeness (QED) is 0.821. The summed E-state index contributed by atoms with van der Waals surface area (Å²) in [4.78, 5) is 10.7. The molecule has 1 unspecified atom stereocenters. The van der Waals surface area contributed by atoms with Crippen LogP contribution in [0.5, 0.6) is 0 Å². The Morgan fingerprint density at radius 3 is 2.88 bits per heavy atom. The van der Waals surface area contributed by atoms with Crippen LogP contribution < -0.4 is 10.2 Å². The van der Waals surface area contributed by atoms with Crippen LogP contribution in [0.1, 0.15) is 32.6 Å². The third-order valence-corrected chi connectivity index (χ3v) is 3.18. The Hall–Kier alpha value is -1.32. The topological polar surface area (TPSA) is 41.1 Å². The Bertz CT molecular complexity index is 360. The van der Waals surface area contributed by atoms with E-state index in [0.717, 1.165) is 17.7 Å². The Morgan fingerprint density at radius 2 is 2.24 bits per heavy atom. The van der Waals surface area contributed by atoms with Gasteiger partial charge in [0.2, 0.25) is 5.95 Å². The average molecular weight is 234 g/mol. The van der Waals surface area contributed by atoms with Gasteiger partial charge in [-0.25, -0.2) is 4.98 Å². The lowest BCUT2D eigenvalue weighted by Gasteiger charge is -2.16. The minimum absolute atomic E-state index is 0.452. The summed E-state index contributed by atoms with van der Waals surface area (Å²) in [5, 5.41) is 3.37. The molecule has 2 rings (SSSR count). The first-order valence-electron chi connectivity index (χ1n) is 6.42. The SMILES string of the molecule is CC(CCC1CC1)Nc1nccc(N(C)C)n1. The van der Waals surface area contributed by atoms with Crippen molar-refractivity contribution in [2.75, 3.05) is 24.3 Å². The smallest absolute Gasteiger partial charge is 0.224 e. The van der Waals surface area contributed by atoms with E-state index in [9.17, 15) is 0 Å². The average Bonchev–Trinajstić information content (AvgIpc) is 3.10. The number of rotatable bonds is 6. The molecule has 17 heavy (non-hydrogen) atoms. The van der Waals surface area contributed by atoms with E-state index in [1.54, 1.807) is 6.20 Å². The van der Waals surface area contributed by atoms with Gasteiger partial charge in [0.15, 0.2) is 0 Å². The highest BCUT2D eigenvalue weighted by Crippen LogP contribution is 2.34. The summed E-state index contributed by atoms with van der Waals surface area (Å²) in [7, 11) is 3.98. The molecule has 0 bridgehead atoms. The maximum atomic E-state index is 4.46. The summed E-state index contributed by atoms with van der Waals surface area (Å²) in [6.45, 7) is 2.20. The van der Waals surface area contributed by atoms with Crippen LogP contribution in [-0.4, -0.2) is 30.1 Å². The summed E-state index contributed by atoms with van der Waals surface area (Å²) >= 11 is 0. The fourth-order valence-corrected chi connectivity index (χ4v) is 1.85. The van der Waals surface area contributed by atoms with E-state index in [0.29, 0.717) is 6.04 Å². The van der Waals surface area contributed by atoms with Gasteiger partial charge in [0.1, 0.15) is 5.82 Å². The molecule has 0 spiro atoms.